The second-order valence-corrected chi connectivity index (χ2v) is 10.5. The number of halogens is 3. The van der Waals surface area contributed by atoms with Gasteiger partial charge in [0.15, 0.2) is 5.82 Å². The van der Waals surface area contributed by atoms with Crippen LogP contribution in [0.4, 0.5) is 13.2 Å². The van der Waals surface area contributed by atoms with E-state index in [2.05, 4.69) is 46.9 Å². The van der Waals surface area contributed by atoms with E-state index in [1.54, 1.807) is 0 Å². The predicted molar refractivity (Wildman–Crippen MR) is 158 cm³/mol. The number of benzene rings is 3. The Morgan fingerprint density at radius 2 is 1.73 bits per heavy atom. The molecule has 0 radical (unpaired) electrons. The van der Waals surface area contributed by atoms with Crippen LogP contribution in [-0.4, -0.2) is 31.8 Å². The number of aromatic nitrogens is 3. The lowest BCUT2D eigenvalue weighted by Gasteiger charge is -2.12. The number of carbonyl (C=O) groups is 1. The van der Waals surface area contributed by atoms with Gasteiger partial charge in [-0.15, -0.1) is 18.3 Å². The Balaban J connectivity index is 1.22. The Morgan fingerprint density at radius 1 is 1.00 bits per heavy atom. The fourth-order valence-electron chi connectivity index (χ4n) is 4.71. The highest BCUT2D eigenvalue weighted by molar-refractivity contribution is 7.80. The highest BCUT2D eigenvalue weighted by atomic mass is 32.1. The molecule has 0 N–H and O–H groups in total. The maximum Gasteiger partial charge on any atom is 0.573 e. The Hall–Kier alpha value is -3.85. The van der Waals surface area contributed by atoms with Crippen molar-refractivity contribution in [2.45, 2.75) is 65.2 Å². The number of hydrogen-bond donors (Lipinski definition) is 0. The average Bonchev–Trinajstić information content (AvgIpc) is 3.42. The van der Waals surface area contributed by atoms with E-state index in [1.165, 1.54) is 52.0 Å². The number of Topliss-reactive ketones (excluding diaryl/α,β-unsaturated/α-hetero) is 1. The van der Waals surface area contributed by atoms with Gasteiger partial charge in [0.1, 0.15) is 17.9 Å². The van der Waals surface area contributed by atoms with Crippen LogP contribution in [-0.2, 0) is 24.1 Å². The van der Waals surface area contributed by atoms with E-state index < -0.39 is 6.36 Å². The van der Waals surface area contributed by atoms with E-state index >= 15 is 0 Å². The molecule has 0 spiro atoms. The summed E-state index contributed by atoms with van der Waals surface area (Å²) in [5, 5.41) is 4.44. The summed E-state index contributed by atoms with van der Waals surface area (Å²) in [6.07, 6.45) is 1.85. The molecule has 0 aliphatic heterocycles. The van der Waals surface area contributed by atoms with E-state index in [-0.39, 0.29) is 11.5 Å². The number of ether oxygens (including phenoxy) is 1. The number of nitrogens with zero attached hydrogens (tertiary/aromatic N) is 3. The van der Waals surface area contributed by atoms with Crippen LogP contribution in [0, 0.1) is 6.92 Å². The number of alkyl halides is 3. The molecule has 3 aromatic carbocycles. The quantitative estimate of drug-likeness (QED) is 0.119. The van der Waals surface area contributed by atoms with Gasteiger partial charge in [0.2, 0.25) is 0 Å². The van der Waals surface area contributed by atoms with Gasteiger partial charge in [0, 0.05) is 29.7 Å². The second-order valence-electron chi connectivity index (χ2n) is 9.96. The van der Waals surface area contributed by atoms with Crippen LogP contribution in [0.5, 0.6) is 5.75 Å². The number of rotatable bonds is 13. The van der Waals surface area contributed by atoms with Crippen molar-refractivity contribution < 1.29 is 22.7 Å². The standard InChI is InChI=1S/C32H32F3N3O2S/c1-3-24-9-6-7-22(2)30(24)20-29(41)19-27(39)10-5-4-8-23-11-13-25(14-12-23)31-36-21-38(37-31)26-15-17-28(18-16-26)40-32(33,34)35/h6-7,9,11-18,21H,3-5,8,10,19-20H2,1-2H3. The molecule has 41 heavy (non-hydrogen) atoms. The van der Waals surface area contributed by atoms with E-state index in [0.717, 1.165) is 41.7 Å². The van der Waals surface area contributed by atoms with Gasteiger partial charge < -0.3 is 4.74 Å². The molecular formula is C32H32F3N3O2S. The predicted octanol–water partition coefficient (Wildman–Crippen LogP) is 7.99. The summed E-state index contributed by atoms with van der Waals surface area (Å²) in [6.45, 7) is 4.23. The van der Waals surface area contributed by atoms with Crippen LogP contribution in [0.1, 0.15) is 54.9 Å². The highest BCUT2D eigenvalue weighted by Gasteiger charge is 2.31. The first-order valence-corrected chi connectivity index (χ1v) is 14.0. The number of carbonyl (C=O) groups excluding carboxylic acids is 1. The molecule has 5 nitrogen and oxygen atoms in total. The van der Waals surface area contributed by atoms with Crippen molar-refractivity contribution in [3.8, 4) is 22.8 Å². The number of hydrogen-bond acceptors (Lipinski definition) is 5. The van der Waals surface area contributed by atoms with Gasteiger partial charge >= 0.3 is 6.36 Å². The van der Waals surface area contributed by atoms with Crippen molar-refractivity contribution in [2.75, 3.05) is 0 Å². The molecule has 1 aromatic heterocycles. The van der Waals surface area contributed by atoms with Crippen LogP contribution in [0.3, 0.4) is 0 Å². The van der Waals surface area contributed by atoms with E-state index in [0.29, 0.717) is 30.8 Å². The fraction of sp³-hybridized carbons (Fsp3) is 0.312. The summed E-state index contributed by atoms with van der Waals surface area (Å²) >= 11 is 5.56. The Morgan fingerprint density at radius 3 is 2.41 bits per heavy atom. The normalized spacial score (nSPS) is 11.4. The maximum atomic E-state index is 12.5. The zero-order chi connectivity index (χ0) is 29.4. The SMILES string of the molecule is CCc1cccc(C)c1CC(=S)CC(=O)CCCCc1ccc(-c2ncn(-c3ccc(OC(F)(F)F)cc3)n2)cc1. The first-order valence-electron chi connectivity index (χ1n) is 13.6. The third-order valence-corrected chi connectivity index (χ3v) is 7.16. The maximum absolute atomic E-state index is 12.5. The fourth-order valence-corrected chi connectivity index (χ4v) is 5.01. The highest BCUT2D eigenvalue weighted by Crippen LogP contribution is 2.24. The molecule has 4 aromatic rings. The Labute approximate surface area is 243 Å². The van der Waals surface area contributed by atoms with E-state index in [1.807, 2.05) is 24.3 Å². The molecule has 214 valence electrons. The van der Waals surface area contributed by atoms with Gasteiger partial charge in [0.25, 0.3) is 0 Å². The lowest BCUT2D eigenvalue weighted by molar-refractivity contribution is -0.274. The molecular weight excluding hydrogens is 547 g/mol. The minimum atomic E-state index is -4.74. The lowest BCUT2D eigenvalue weighted by Crippen LogP contribution is -2.17. The third-order valence-electron chi connectivity index (χ3n) is 6.87. The summed E-state index contributed by atoms with van der Waals surface area (Å²) in [5.41, 5.74) is 6.32. The number of unbranched alkanes of at least 4 members (excludes halogenated alkanes) is 1. The monoisotopic (exact) mass is 579 g/mol. The Kier molecular flexibility index (Phi) is 10.0. The van der Waals surface area contributed by atoms with Gasteiger partial charge in [-0.25, -0.2) is 9.67 Å². The van der Waals surface area contributed by atoms with Crippen LogP contribution in [0.25, 0.3) is 17.1 Å². The summed E-state index contributed by atoms with van der Waals surface area (Å²) in [7, 11) is 0. The number of aryl methyl sites for hydroxylation is 3. The van der Waals surface area contributed by atoms with Crippen molar-refractivity contribution in [2.24, 2.45) is 0 Å². The smallest absolute Gasteiger partial charge is 0.406 e. The van der Waals surface area contributed by atoms with Gasteiger partial charge in [-0.2, -0.15) is 0 Å². The third kappa shape index (κ3) is 8.82. The minimum absolute atomic E-state index is 0.196. The average molecular weight is 580 g/mol. The summed E-state index contributed by atoms with van der Waals surface area (Å²) in [4.78, 5) is 17.6. The van der Waals surface area contributed by atoms with Gasteiger partial charge in [-0.05, 0) is 79.1 Å². The molecule has 0 aliphatic rings. The molecule has 1 heterocycles. The van der Waals surface area contributed by atoms with Crippen molar-refractivity contribution in [1.82, 2.24) is 14.8 Å². The molecule has 9 heteroatoms. The first-order chi connectivity index (χ1) is 19.6. The molecule has 0 atom stereocenters. The topological polar surface area (TPSA) is 57.0 Å². The zero-order valence-electron chi connectivity index (χ0n) is 23.1. The molecule has 0 amide bonds. The number of ketones is 1. The van der Waals surface area contributed by atoms with Gasteiger partial charge in [-0.3, -0.25) is 4.79 Å². The van der Waals surface area contributed by atoms with Gasteiger partial charge in [0.05, 0.1) is 5.69 Å². The summed E-state index contributed by atoms with van der Waals surface area (Å²) in [6, 6.07) is 19.6. The van der Waals surface area contributed by atoms with Crippen LogP contribution < -0.4 is 4.74 Å². The summed E-state index contributed by atoms with van der Waals surface area (Å²) < 4.78 is 42.5. The number of thiocarbonyl (C=S) groups is 1. The molecule has 4 rings (SSSR count). The van der Waals surface area contributed by atoms with Crippen LogP contribution in [0.15, 0.2) is 73.1 Å². The van der Waals surface area contributed by atoms with Crippen LogP contribution >= 0.6 is 12.2 Å². The zero-order valence-corrected chi connectivity index (χ0v) is 23.9. The summed E-state index contributed by atoms with van der Waals surface area (Å²) in [5.74, 6) is 0.403. The largest absolute Gasteiger partial charge is 0.573 e. The van der Waals surface area contributed by atoms with Crippen molar-refractivity contribution in [1.29, 1.82) is 0 Å². The molecule has 0 bridgehead atoms. The molecule has 0 saturated heterocycles. The first kappa shape index (κ1) is 30.1. The molecule has 0 unspecified atom stereocenters. The molecule has 0 aliphatic carbocycles. The van der Waals surface area contributed by atoms with Gasteiger partial charge in [-0.1, -0.05) is 61.6 Å². The van der Waals surface area contributed by atoms with E-state index in [9.17, 15) is 18.0 Å². The molecule has 0 fully saturated rings. The van der Waals surface area contributed by atoms with Crippen molar-refractivity contribution in [3.05, 3.63) is 95.3 Å². The van der Waals surface area contributed by atoms with Crippen LogP contribution in [0.2, 0.25) is 0 Å². The van der Waals surface area contributed by atoms with Crippen molar-refractivity contribution in [3.63, 3.8) is 0 Å². The Bertz CT molecular complexity index is 1480. The lowest BCUT2D eigenvalue weighted by atomic mass is 9.94. The minimum Gasteiger partial charge on any atom is -0.406 e. The second kappa shape index (κ2) is 13.7. The molecule has 0 saturated carbocycles. The van der Waals surface area contributed by atoms with Crippen molar-refractivity contribution >= 4 is 22.9 Å². The van der Waals surface area contributed by atoms with E-state index in [4.69, 9.17) is 12.2 Å².